The summed E-state index contributed by atoms with van der Waals surface area (Å²) in [5, 5.41) is 3.66. The Morgan fingerprint density at radius 1 is 1.26 bits per heavy atom. The van der Waals surface area contributed by atoms with Crippen LogP contribution < -0.4 is 5.43 Å². The zero-order valence-corrected chi connectivity index (χ0v) is 14.6. The predicted octanol–water partition coefficient (Wildman–Crippen LogP) is 3.00. The van der Waals surface area contributed by atoms with Gasteiger partial charge in [0.25, 0.3) is 5.91 Å². The lowest BCUT2D eigenvalue weighted by molar-refractivity contribution is -0.137. The van der Waals surface area contributed by atoms with Gasteiger partial charge in [-0.1, -0.05) is 17.7 Å². The largest absolute Gasteiger partial charge is 0.461 e. The van der Waals surface area contributed by atoms with Gasteiger partial charge in [0, 0.05) is 13.1 Å². The normalized spacial score (nSPS) is 19.6. The van der Waals surface area contributed by atoms with E-state index in [9.17, 15) is 18.0 Å². The van der Waals surface area contributed by atoms with Crippen molar-refractivity contribution in [2.45, 2.75) is 12.3 Å². The number of hydrogen-bond donors (Lipinski definition) is 1. The number of benzene rings is 1. The quantitative estimate of drug-likeness (QED) is 0.845. The van der Waals surface area contributed by atoms with Crippen LogP contribution in [0.15, 0.2) is 46.1 Å². The maximum Gasteiger partial charge on any atom is 0.417 e. The summed E-state index contributed by atoms with van der Waals surface area (Å²) in [6.45, 7) is 1.03. The Labute approximate surface area is 157 Å². The first-order valence-electron chi connectivity index (χ1n) is 8.15. The summed E-state index contributed by atoms with van der Waals surface area (Å²) in [6.07, 6.45) is -3.36. The zero-order chi connectivity index (χ0) is 19.2. The van der Waals surface area contributed by atoms with Gasteiger partial charge < -0.3 is 14.2 Å². The average Bonchev–Trinajstić information content (AvgIpc) is 3.29. The van der Waals surface area contributed by atoms with Crippen molar-refractivity contribution < 1.29 is 22.4 Å². The van der Waals surface area contributed by atoms with Gasteiger partial charge in [0.2, 0.25) is 0 Å². The molecule has 6 nitrogen and oxygen atoms in total. The second-order valence-corrected chi connectivity index (χ2v) is 6.55. The van der Waals surface area contributed by atoms with Crippen LogP contribution in [0.3, 0.4) is 0 Å². The summed E-state index contributed by atoms with van der Waals surface area (Å²) in [5.41, 5.74) is 1.75. The number of piperazine rings is 1. The summed E-state index contributed by atoms with van der Waals surface area (Å²) in [4.78, 5) is 16.2. The SMILES string of the molecule is O=C(c1cccc(C(F)(F)F)c1Cl)N1CCN2C(c3ccco3)=NNC2C1. The van der Waals surface area contributed by atoms with Crippen LogP contribution in [-0.4, -0.2) is 47.3 Å². The summed E-state index contributed by atoms with van der Waals surface area (Å²) in [5.74, 6) is 0.693. The van der Waals surface area contributed by atoms with Gasteiger partial charge in [0.1, 0.15) is 6.17 Å². The highest BCUT2D eigenvalue weighted by atomic mass is 35.5. The van der Waals surface area contributed by atoms with E-state index in [1.165, 1.54) is 17.0 Å². The van der Waals surface area contributed by atoms with Gasteiger partial charge >= 0.3 is 6.18 Å². The molecule has 0 saturated carbocycles. The standard InChI is InChI=1S/C17H14ClF3N4O2/c18-14-10(3-1-4-11(14)17(19,20)21)16(26)24-6-7-25-13(9-24)22-23-15(25)12-5-2-8-27-12/h1-5,8,13,22H,6-7,9H2. The Kier molecular flexibility index (Phi) is 4.26. The third-order valence-electron chi connectivity index (χ3n) is 4.54. The number of hydrazone groups is 1. The second-order valence-electron chi connectivity index (χ2n) is 6.17. The molecule has 1 fully saturated rings. The monoisotopic (exact) mass is 398 g/mol. The van der Waals surface area contributed by atoms with Crippen molar-refractivity contribution >= 4 is 23.3 Å². The van der Waals surface area contributed by atoms with E-state index >= 15 is 0 Å². The number of carbonyl (C=O) groups excluding carboxylic acids is 1. The van der Waals surface area contributed by atoms with Crippen molar-refractivity contribution in [1.82, 2.24) is 15.2 Å². The molecule has 1 N–H and O–H groups in total. The van der Waals surface area contributed by atoms with Crippen LogP contribution in [0.25, 0.3) is 0 Å². The van der Waals surface area contributed by atoms with E-state index in [2.05, 4.69) is 10.5 Å². The van der Waals surface area contributed by atoms with Crippen LogP contribution in [0.5, 0.6) is 0 Å². The van der Waals surface area contributed by atoms with Crippen molar-refractivity contribution in [2.75, 3.05) is 19.6 Å². The van der Waals surface area contributed by atoms with E-state index in [1.54, 1.807) is 18.4 Å². The summed E-state index contributed by atoms with van der Waals surface area (Å²) < 4.78 is 44.5. The van der Waals surface area contributed by atoms with Crippen LogP contribution in [0.2, 0.25) is 5.02 Å². The molecule has 3 heterocycles. The third-order valence-corrected chi connectivity index (χ3v) is 4.94. The Morgan fingerprint density at radius 2 is 2.07 bits per heavy atom. The molecule has 10 heteroatoms. The number of amidine groups is 1. The molecule has 27 heavy (non-hydrogen) atoms. The van der Waals surface area contributed by atoms with Gasteiger partial charge in [-0.15, -0.1) is 0 Å². The zero-order valence-electron chi connectivity index (χ0n) is 13.8. The highest BCUT2D eigenvalue weighted by Crippen LogP contribution is 2.36. The number of rotatable bonds is 2. The van der Waals surface area contributed by atoms with Gasteiger partial charge in [-0.25, -0.2) is 0 Å². The summed E-state index contributed by atoms with van der Waals surface area (Å²) in [7, 11) is 0. The lowest BCUT2D eigenvalue weighted by atomic mass is 10.1. The number of nitrogens with zero attached hydrogens (tertiary/aromatic N) is 3. The molecule has 1 saturated heterocycles. The maximum absolute atomic E-state index is 13.0. The van der Waals surface area contributed by atoms with Gasteiger partial charge in [0.05, 0.1) is 29.0 Å². The van der Waals surface area contributed by atoms with E-state index in [-0.39, 0.29) is 18.3 Å². The maximum atomic E-state index is 13.0. The first-order chi connectivity index (χ1) is 12.9. The molecule has 0 bridgehead atoms. The number of amides is 1. The number of nitrogens with one attached hydrogen (secondary N) is 1. The third kappa shape index (κ3) is 3.12. The second kappa shape index (κ2) is 6.49. The highest BCUT2D eigenvalue weighted by molar-refractivity contribution is 6.34. The molecule has 1 aromatic carbocycles. The smallest absolute Gasteiger partial charge is 0.417 e. The van der Waals surface area contributed by atoms with E-state index in [4.69, 9.17) is 16.0 Å². The fraction of sp³-hybridized carbons (Fsp3) is 0.294. The molecular weight excluding hydrogens is 385 g/mol. The lowest BCUT2D eigenvalue weighted by Gasteiger charge is -2.38. The van der Waals surface area contributed by atoms with Crippen molar-refractivity contribution in [2.24, 2.45) is 5.10 Å². The number of halogens is 4. The van der Waals surface area contributed by atoms with Gasteiger partial charge in [-0.3, -0.25) is 10.2 Å². The number of alkyl halides is 3. The van der Waals surface area contributed by atoms with Crippen molar-refractivity contribution in [3.63, 3.8) is 0 Å². The Bertz CT molecular complexity index is 898. The Morgan fingerprint density at radius 3 is 2.78 bits per heavy atom. The minimum absolute atomic E-state index is 0.162. The minimum Gasteiger partial charge on any atom is -0.461 e. The topological polar surface area (TPSA) is 61.1 Å². The molecule has 2 aliphatic heterocycles. The average molecular weight is 399 g/mol. The van der Waals surface area contributed by atoms with Crippen LogP contribution >= 0.6 is 11.6 Å². The van der Waals surface area contributed by atoms with Gasteiger partial charge in [-0.05, 0) is 24.3 Å². The summed E-state index contributed by atoms with van der Waals surface area (Å²) >= 11 is 5.88. The molecule has 2 aromatic rings. The number of hydrogen-bond acceptors (Lipinski definition) is 5. The van der Waals surface area contributed by atoms with Crippen molar-refractivity contribution in [3.05, 3.63) is 58.5 Å². The first kappa shape index (κ1) is 17.7. The highest BCUT2D eigenvalue weighted by Gasteiger charge is 2.39. The van der Waals surface area contributed by atoms with E-state index in [0.29, 0.717) is 24.7 Å². The molecule has 0 aliphatic carbocycles. The molecule has 1 atom stereocenters. The molecule has 2 aliphatic rings. The van der Waals surface area contributed by atoms with E-state index in [0.717, 1.165) is 6.07 Å². The fourth-order valence-corrected chi connectivity index (χ4v) is 3.53. The molecule has 0 radical (unpaired) electrons. The van der Waals surface area contributed by atoms with E-state index in [1.807, 2.05) is 4.90 Å². The molecule has 4 rings (SSSR count). The molecule has 0 spiro atoms. The molecule has 142 valence electrons. The summed E-state index contributed by atoms with van der Waals surface area (Å²) in [6, 6.07) is 6.88. The number of carbonyl (C=O) groups is 1. The minimum atomic E-state index is -4.62. The number of furan rings is 1. The molecule has 1 amide bonds. The fourth-order valence-electron chi connectivity index (χ4n) is 3.22. The molecule has 1 unspecified atom stereocenters. The van der Waals surface area contributed by atoms with Crippen molar-refractivity contribution in [1.29, 1.82) is 0 Å². The van der Waals surface area contributed by atoms with E-state index < -0.39 is 22.7 Å². The predicted molar refractivity (Wildman–Crippen MR) is 91.2 cm³/mol. The molecular formula is C17H14ClF3N4O2. The number of fused-ring (bicyclic) bond motifs is 1. The van der Waals surface area contributed by atoms with Crippen LogP contribution in [-0.2, 0) is 6.18 Å². The van der Waals surface area contributed by atoms with Crippen LogP contribution in [0.1, 0.15) is 21.7 Å². The van der Waals surface area contributed by atoms with Crippen molar-refractivity contribution in [3.8, 4) is 0 Å². The lowest BCUT2D eigenvalue weighted by Crippen LogP contribution is -2.57. The molecule has 1 aromatic heterocycles. The van der Waals surface area contributed by atoms with Gasteiger partial charge in [0.15, 0.2) is 11.6 Å². The van der Waals surface area contributed by atoms with Crippen LogP contribution in [0.4, 0.5) is 13.2 Å². The first-order valence-corrected chi connectivity index (χ1v) is 8.53. The van der Waals surface area contributed by atoms with Crippen LogP contribution in [0, 0.1) is 0 Å². The van der Waals surface area contributed by atoms with Gasteiger partial charge in [-0.2, -0.15) is 18.3 Å². The Balaban J connectivity index is 1.52. The Hall–Kier alpha value is -2.68.